The number of benzene rings is 1. The molecule has 2 rings (SSSR count). The average Bonchev–Trinajstić information content (AvgIpc) is 2.82. The second-order valence-corrected chi connectivity index (χ2v) is 4.44. The number of aryl methyl sites for hydroxylation is 1. The Labute approximate surface area is 120 Å². The summed E-state index contributed by atoms with van der Waals surface area (Å²) < 4.78 is 25.7. The van der Waals surface area contributed by atoms with E-state index in [0.717, 1.165) is 0 Å². The van der Waals surface area contributed by atoms with Crippen molar-refractivity contribution >= 4 is 5.97 Å². The first-order valence-electron chi connectivity index (χ1n) is 6.09. The first-order chi connectivity index (χ1) is 9.90. The van der Waals surface area contributed by atoms with Crippen LogP contribution in [0.15, 0.2) is 12.1 Å². The Kier molecular flexibility index (Phi) is 3.84. The molecule has 0 saturated heterocycles. The summed E-state index contributed by atoms with van der Waals surface area (Å²) in [5.74, 6) is -1.45. The standard InChI is InChI=1S/C14H15FN2O4/c1-7-8(5-9(15)13(21-4)12(7)20-3)11-6-10(14(18)19)16-17(11)2/h5-6H,1-4H3,(H,18,19). The topological polar surface area (TPSA) is 73.6 Å². The fourth-order valence-electron chi connectivity index (χ4n) is 2.23. The third-order valence-corrected chi connectivity index (χ3v) is 3.22. The maximum atomic E-state index is 14.1. The Morgan fingerprint density at radius 1 is 1.29 bits per heavy atom. The van der Waals surface area contributed by atoms with E-state index in [1.54, 1.807) is 14.0 Å². The average molecular weight is 294 g/mol. The van der Waals surface area contributed by atoms with Crippen LogP contribution in [0.25, 0.3) is 11.3 Å². The minimum Gasteiger partial charge on any atom is -0.492 e. The Bertz CT molecular complexity index is 709. The highest BCUT2D eigenvalue weighted by Gasteiger charge is 2.21. The van der Waals surface area contributed by atoms with Crippen molar-refractivity contribution in [2.45, 2.75) is 6.92 Å². The molecular weight excluding hydrogens is 279 g/mol. The van der Waals surface area contributed by atoms with Gasteiger partial charge in [0.1, 0.15) is 0 Å². The molecule has 1 heterocycles. The molecule has 112 valence electrons. The number of aromatic nitrogens is 2. The molecule has 7 heteroatoms. The van der Waals surface area contributed by atoms with Gasteiger partial charge in [0, 0.05) is 18.2 Å². The van der Waals surface area contributed by atoms with Crippen LogP contribution in [0.5, 0.6) is 11.5 Å². The molecule has 6 nitrogen and oxygen atoms in total. The van der Waals surface area contributed by atoms with Gasteiger partial charge in [-0.1, -0.05) is 0 Å². The number of hydrogen-bond donors (Lipinski definition) is 1. The predicted octanol–water partition coefficient (Wildman–Crippen LogP) is 2.25. The number of carbonyl (C=O) groups is 1. The smallest absolute Gasteiger partial charge is 0.356 e. The minimum atomic E-state index is -1.14. The van der Waals surface area contributed by atoms with E-state index in [0.29, 0.717) is 16.8 Å². The molecule has 0 aliphatic heterocycles. The molecule has 0 amide bonds. The Morgan fingerprint density at radius 2 is 1.90 bits per heavy atom. The number of carboxylic acids is 1. The van der Waals surface area contributed by atoms with Crippen molar-refractivity contribution in [3.8, 4) is 22.8 Å². The minimum absolute atomic E-state index is 0.0133. The summed E-state index contributed by atoms with van der Waals surface area (Å²) in [7, 11) is 4.36. The van der Waals surface area contributed by atoms with Gasteiger partial charge in [-0.05, 0) is 19.1 Å². The lowest BCUT2D eigenvalue weighted by Crippen LogP contribution is -2.01. The van der Waals surface area contributed by atoms with Crippen molar-refractivity contribution in [1.29, 1.82) is 0 Å². The van der Waals surface area contributed by atoms with E-state index in [-0.39, 0.29) is 17.2 Å². The number of rotatable bonds is 4. The molecule has 0 fully saturated rings. The van der Waals surface area contributed by atoms with Gasteiger partial charge in [-0.25, -0.2) is 9.18 Å². The summed E-state index contributed by atoms with van der Waals surface area (Å²) in [6, 6.07) is 2.66. The number of nitrogens with zero attached hydrogens (tertiary/aromatic N) is 2. The molecule has 2 aromatic rings. The molecule has 0 aliphatic rings. The third-order valence-electron chi connectivity index (χ3n) is 3.22. The molecule has 0 radical (unpaired) electrons. The van der Waals surface area contributed by atoms with Gasteiger partial charge < -0.3 is 14.6 Å². The summed E-state index contributed by atoms with van der Waals surface area (Å²) in [5, 5.41) is 12.9. The zero-order valence-electron chi connectivity index (χ0n) is 12.1. The van der Waals surface area contributed by atoms with E-state index in [2.05, 4.69) is 5.10 Å². The second kappa shape index (κ2) is 5.43. The van der Waals surface area contributed by atoms with Crippen LogP contribution in [0.1, 0.15) is 16.1 Å². The number of halogens is 1. The monoisotopic (exact) mass is 294 g/mol. The number of carboxylic acid groups (broad SMARTS) is 1. The van der Waals surface area contributed by atoms with Gasteiger partial charge in [-0.2, -0.15) is 5.10 Å². The molecule has 1 aromatic heterocycles. The quantitative estimate of drug-likeness (QED) is 0.936. The van der Waals surface area contributed by atoms with E-state index < -0.39 is 11.8 Å². The van der Waals surface area contributed by atoms with Gasteiger partial charge in [-0.3, -0.25) is 4.68 Å². The van der Waals surface area contributed by atoms with Crippen LogP contribution in [0.3, 0.4) is 0 Å². The number of hydrogen-bond acceptors (Lipinski definition) is 4. The first-order valence-corrected chi connectivity index (χ1v) is 6.09. The third kappa shape index (κ3) is 2.42. The van der Waals surface area contributed by atoms with Crippen LogP contribution >= 0.6 is 0 Å². The van der Waals surface area contributed by atoms with Crippen LogP contribution in [-0.2, 0) is 7.05 Å². The lowest BCUT2D eigenvalue weighted by Gasteiger charge is -2.15. The van der Waals surface area contributed by atoms with Crippen LogP contribution in [0, 0.1) is 12.7 Å². The van der Waals surface area contributed by atoms with Crippen molar-refractivity contribution in [2.24, 2.45) is 7.05 Å². The van der Waals surface area contributed by atoms with Crippen molar-refractivity contribution in [3.05, 3.63) is 29.2 Å². The van der Waals surface area contributed by atoms with Crippen LogP contribution in [0.2, 0.25) is 0 Å². The molecule has 0 saturated carbocycles. The summed E-state index contributed by atoms with van der Waals surface area (Å²) in [6.07, 6.45) is 0. The summed E-state index contributed by atoms with van der Waals surface area (Å²) >= 11 is 0. The van der Waals surface area contributed by atoms with Gasteiger partial charge in [0.05, 0.1) is 19.9 Å². The predicted molar refractivity (Wildman–Crippen MR) is 73.4 cm³/mol. The maximum absolute atomic E-state index is 14.1. The van der Waals surface area contributed by atoms with Crippen LogP contribution in [0.4, 0.5) is 4.39 Å². The highest BCUT2D eigenvalue weighted by molar-refractivity contribution is 5.87. The van der Waals surface area contributed by atoms with Crippen molar-refractivity contribution in [3.63, 3.8) is 0 Å². The Hall–Kier alpha value is -2.57. The molecule has 0 bridgehead atoms. The number of ether oxygens (including phenoxy) is 2. The van der Waals surface area contributed by atoms with Crippen LogP contribution in [-0.4, -0.2) is 35.1 Å². The highest BCUT2D eigenvalue weighted by atomic mass is 19.1. The molecule has 0 unspecified atom stereocenters. The Balaban J connectivity index is 2.70. The van der Waals surface area contributed by atoms with Gasteiger partial charge in [0.15, 0.2) is 23.0 Å². The fraction of sp³-hybridized carbons (Fsp3) is 0.286. The molecule has 1 aromatic carbocycles. The van der Waals surface area contributed by atoms with Crippen molar-refractivity contribution < 1.29 is 23.8 Å². The summed E-state index contributed by atoms with van der Waals surface area (Å²) in [5.41, 5.74) is 1.50. The van der Waals surface area contributed by atoms with E-state index >= 15 is 0 Å². The van der Waals surface area contributed by atoms with Gasteiger partial charge in [0.2, 0.25) is 0 Å². The zero-order valence-corrected chi connectivity index (χ0v) is 12.1. The molecule has 0 atom stereocenters. The summed E-state index contributed by atoms with van der Waals surface area (Å²) in [6.45, 7) is 1.74. The number of methoxy groups -OCH3 is 2. The highest BCUT2D eigenvalue weighted by Crippen LogP contribution is 2.39. The zero-order chi connectivity index (χ0) is 15.7. The van der Waals surface area contributed by atoms with E-state index in [1.807, 2.05) is 0 Å². The summed E-state index contributed by atoms with van der Waals surface area (Å²) in [4.78, 5) is 11.0. The molecule has 21 heavy (non-hydrogen) atoms. The van der Waals surface area contributed by atoms with E-state index in [9.17, 15) is 9.18 Å². The van der Waals surface area contributed by atoms with Gasteiger partial charge in [0.25, 0.3) is 0 Å². The fourth-order valence-corrected chi connectivity index (χ4v) is 2.23. The SMILES string of the molecule is COc1c(F)cc(-c2cc(C(=O)O)nn2C)c(C)c1OC. The van der Waals surface area contributed by atoms with Crippen molar-refractivity contribution in [1.82, 2.24) is 9.78 Å². The first kappa shape index (κ1) is 14.8. The van der Waals surface area contributed by atoms with E-state index in [4.69, 9.17) is 14.6 Å². The van der Waals surface area contributed by atoms with Gasteiger partial charge in [-0.15, -0.1) is 0 Å². The lowest BCUT2D eigenvalue weighted by atomic mass is 10.0. The van der Waals surface area contributed by atoms with Crippen LogP contribution < -0.4 is 9.47 Å². The van der Waals surface area contributed by atoms with E-state index in [1.165, 1.54) is 31.0 Å². The number of aromatic carboxylic acids is 1. The van der Waals surface area contributed by atoms with Crippen molar-refractivity contribution in [2.75, 3.05) is 14.2 Å². The normalized spacial score (nSPS) is 10.5. The maximum Gasteiger partial charge on any atom is 0.356 e. The molecular formula is C14H15FN2O4. The molecule has 0 aliphatic carbocycles. The lowest BCUT2D eigenvalue weighted by molar-refractivity contribution is 0.0689. The van der Waals surface area contributed by atoms with Gasteiger partial charge >= 0.3 is 5.97 Å². The molecule has 1 N–H and O–H groups in total. The molecule has 0 spiro atoms. The Morgan fingerprint density at radius 3 is 2.38 bits per heavy atom. The second-order valence-electron chi connectivity index (χ2n) is 4.44. The largest absolute Gasteiger partial charge is 0.492 e.